The third-order valence-electron chi connectivity index (χ3n) is 4.42. The van der Waals surface area contributed by atoms with Crippen molar-refractivity contribution in [3.8, 4) is 0 Å². The van der Waals surface area contributed by atoms with E-state index < -0.39 is 16.8 Å². The second kappa shape index (κ2) is 9.16. The van der Waals surface area contributed by atoms with Crippen LogP contribution in [0.2, 0.25) is 0 Å². The largest absolute Gasteiger partial charge is 0.462 e. The summed E-state index contributed by atoms with van der Waals surface area (Å²) in [6, 6.07) is 10.6. The molecule has 29 heavy (non-hydrogen) atoms. The fourth-order valence-electron chi connectivity index (χ4n) is 3.04. The van der Waals surface area contributed by atoms with Crippen molar-refractivity contribution in [1.82, 2.24) is 0 Å². The maximum absolute atomic E-state index is 13.0. The number of carbonyl (C=O) groups is 2. The molecule has 0 spiro atoms. The van der Waals surface area contributed by atoms with Gasteiger partial charge >= 0.3 is 5.97 Å². The Hall–Kier alpha value is -3.46. The molecule has 3 rings (SSSR count). The van der Waals surface area contributed by atoms with Gasteiger partial charge in [-0.1, -0.05) is 6.07 Å². The van der Waals surface area contributed by atoms with Crippen LogP contribution in [-0.4, -0.2) is 49.7 Å². The second-order valence-corrected chi connectivity index (χ2v) is 6.31. The van der Waals surface area contributed by atoms with Gasteiger partial charge in [0.05, 0.1) is 41.6 Å². The molecule has 0 unspecified atom stereocenters. The number of amides is 1. The average Bonchev–Trinajstić information content (AvgIpc) is 2.74. The van der Waals surface area contributed by atoms with E-state index >= 15 is 0 Å². The zero-order valence-corrected chi connectivity index (χ0v) is 15.9. The molecule has 1 N–H and O–H groups in total. The molecule has 0 radical (unpaired) electrons. The lowest BCUT2D eigenvalue weighted by molar-refractivity contribution is -0.384. The van der Waals surface area contributed by atoms with Crippen LogP contribution in [0.5, 0.6) is 0 Å². The number of nitrogens with zero attached hydrogens (tertiary/aromatic N) is 2. The summed E-state index contributed by atoms with van der Waals surface area (Å²) in [6.07, 6.45) is 0. The average molecular weight is 399 g/mol. The van der Waals surface area contributed by atoms with Crippen LogP contribution < -0.4 is 10.2 Å². The van der Waals surface area contributed by atoms with Gasteiger partial charge in [-0.15, -0.1) is 0 Å². The summed E-state index contributed by atoms with van der Waals surface area (Å²) < 4.78 is 10.3. The number of benzene rings is 2. The Bertz CT molecular complexity index is 924. The van der Waals surface area contributed by atoms with E-state index in [1.165, 1.54) is 18.2 Å². The number of hydrogen-bond acceptors (Lipinski definition) is 7. The van der Waals surface area contributed by atoms with E-state index in [9.17, 15) is 19.7 Å². The van der Waals surface area contributed by atoms with Gasteiger partial charge in [0.25, 0.3) is 11.6 Å². The Kier molecular flexibility index (Phi) is 6.40. The summed E-state index contributed by atoms with van der Waals surface area (Å²) in [5.41, 5.74) is 1.30. The van der Waals surface area contributed by atoms with Gasteiger partial charge in [-0.3, -0.25) is 14.9 Å². The Morgan fingerprint density at radius 2 is 1.97 bits per heavy atom. The van der Waals surface area contributed by atoms with Gasteiger partial charge in [0.2, 0.25) is 0 Å². The standard InChI is InChI=1S/C20H21N3O6/c1-2-29-20(25)14-4-3-5-15(12-14)21-19(24)17-13-16(23(26)27)6-7-18(17)22-8-10-28-11-9-22/h3-7,12-13H,2,8-11H2,1H3,(H,21,24). The predicted molar refractivity (Wildman–Crippen MR) is 106 cm³/mol. The van der Waals surface area contributed by atoms with Crippen molar-refractivity contribution < 1.29 is 24.0 Å². The molecule has 1 fully saturated rings. The van der Waals surface area contributed by atoms with Crippen LogP contribution in [0.4, 0.5) is 17.1 Å². The minimum Gasteiger partial charge on any atom is -0.462 e. The zero-order chi connectivity index (χ0) is 20.8. The van der Waals surface area contributed by atoms with Gasteiger partial charge in [-0.25, -0.2) is 4.79 Å². The van der Waals surface area contributed by atoms with Crippen molar-refractivity contribution >= 4 is 28.9 Å². The first-order valence-corrected chi connectivity index (χ1v) is 9.19. The lowest BCUT2D eigenvalue weighted by Gasteiger charge is -2.30. The maximum Gasteiger partial charge on any atom is 0.338 e. The molecule has 9 nitrogen and oxygen atoms in total. The number of hydrogen-bond donors (Lipinski definition) is 1. The number of anilines is 2. The molecule has 2 aromatic carbocycles. The summed E-state index contributed by atoms with van der Waals surface area (Å²) in [7, 11) is 0. The molecular weight excluding hydrogens is 378 g/mol. The van der Waals surface area contributed by atoms with Gasteiger partial charge in [-0.2, -0.15) is 0 Å². The molecule has 9 heteroatoms. The molecule has 0 aromatic heterocycles. The van der Waals surface area contributed by atoms with Crippen LogP contribution >= 0.6 is 0 Å². The lowest BCUT2D eigenvalue weighted by atomic mass is 10.1. The van der Waals surface area contributed by atoms with Gasteiger partial charge in [-0.05, 0) is 31.2 Å². The van der Waals surface area contributed by atoms with Crippen molar-refractivity contribution in [3.63, 3.8) is 0 Å². The molecular formula is C20H21N3O6. The van der Waals surface area contributed by atoms with E-state index in [4.69, 9.17) is 9.47 Å². The Labute approximate surface area is 167 Å². The smallest absolute Gasteiger partial charge is 0.338 e. The Morgan fingerprint density at radius 3 is 2.66 bits per heavy atom. The molecule has 152 valence electrons. The number of ether oxygens (including phenoxy) is 2. The molecule has 0 bridgehead atoms. The van der Waals surface area contributed by atoms with Gasteiger partial charge in [0.15, 0.2) is 0 Å². The highest BCUT2D eigenvalue weighted by Crippen LogP contribution is 2.27. The first kappa shape index (κ1) is 20.3. The van der Waals surface area contributed by atoms with E-state index in [1.54, 1.807) is 31.2 Å². The number of carbonyl (C=O) groups excluding carboxylic acids is 2. The summed E-state index contributed by atoms with van der Waals surface area (Å²) in [5.74, 6) is -0.996. The first-order chi connectivity index (χ1) is 14.0. The van der Waals surface area contributed by atoms with Gasteiger partial charge in [0.1, 0.15) is 0 Å². The molecule has 0 aliphatic carbocycles. The van der Waals surface area contributed by atoms with Crippen LogP contribution in [0.3, 0.4) is 0 Å². The number of nitro groups is 1. The molecule has 2 aromatic rings. The highest BCUT2D eigenvalue weighted by Gasteiger charge is 2.22. The second-order valence-electron chi connectivity index (χ2n) is 6.31. The Balaban J connectivity index is 1.89. The molecule has 0 saturated carbocycles. The molecule has 1 aliphatic rings. The van der Waals surface area contributed by atoms with Crippen molar-refractivity contribution in [2.75, 3.05) is 43.1 Å². The summed E-state index contributed by atoms with van der Waals surface area (Å²) in [6.45, 7) is 4.14. The van der Waals surface area contributed by atoms with Gasteiger partial charge < -0.3 is 19.7 Å². The fourth-order valence-corrected chi connectivity index (χ4v) is 3.04. The van der Waals surface area contributed by atoms with Crippen molar-refractivity contribution in [3.05, 3.63) is 63.7 Å². The molecule has 0 atom stereocenters. The van der Waals surface area contributed by atoms with E-state index in [-0.39, 0.29) is 17.9 Å². The third kappa shape index (κ3) is 4.88. The summed E-state index contributed by atoms with van der Waals surface area (Å²) in [4.78, 5) is 37.5. The SMILES string of the molecule is CCOC(=O)c1cccc(NC(=O)c2cc([N+](=O)[O-])ccc2N2CCOCC2)c1. The van der Waals surface area contributed by atoms with E-state index in [2.05, 4.69) is 5.32 Å². The highest BCUT2D eigenvalue weighted by molar-refractivity contribution is 6.09. The molecule has 1 heterocycles. The first-order valence-electron chi connectivity index (χ1n) is 9.19. The van der Waals surface area contributed by atoms with Crippen molar-refractivity contribution in [1.29, 1.82) is 0 Å². The number of morpholine rings is 1. The van der Waals surface area contributed by atoms with Crippen LogP contribution in [0.1, 0.15) is 27.6 Å². The van der Waals surface area contributed by atoms with E-state index in [0.29, 0.717) is 43.2 Å². The van der Waals surface area contributed by atoms with Crippen LogP contribution in [0, 0.1) is 10.1 Å². The third-order valence-corrected chi connectivity index (χ3v) is 4.42. The van der Waals surface area contributed by atoms with Crippen LogP contribution in [-0.2, 0) is 9.47 Å². The van der Waals surface area contributed by atoms with Crippen LogP contribution in [0.25, 0.3) is 0 Å². The minimum absolute atomic E-state index is 0.174. The number of non-ortho nitro benzene ring substituents is 1. The topological polar surface area (TPSA) is 111 Å². The van der Waals surface area contributed by atoms with E-state index in [1.807, 2.05) is 4.90 Å². The van der Waals surface area contributed by atoms with Gasteiger partial charge in [0, 0.05) is 30.9 Å². The quantitative estimate of drug-likeness (QED) is 0.452. The number of nitrogens with one attached hydrogen (secondary N) is 1. The molecule has 1 amide bonds. The van der Waals surface area contributed by atoms with E-state index in [0.717, 1.165) is 0 Å². The lowest BCUT2D eigenvalue weighted by Crippen LogP contribution is -2.37. The molecule has 1 aliphatic heterocycles. The number of esters is 1. The molecule has 1 saturated heterocycles. The zero-order valence-electron chi connectivity index (χ0n) is 15.9. The Morgan fingerprint density at radius 1 is 1.21 bits per heavy atom. The highest BCUT2D eigenvalue weighted by atomic mass is 16.6. The van der Waals surface area contributed by atoms with Crippen molar-refractivity contribution in [2.45, 2.75) is 6.92 Å². The number of rotatable bonds is 6. The van der Waals surface area contributed by atoms with Crippen LogP contribution in [0.15, 0.2) is 42.5 Å². The van der Waals surface area contributed by atoms with Crippen molar-refractivity contribution in [2.24, 2.45) is 0 Å². The fraction of sp³-hybridized carbons (Fsp3) is 0.300. The summed E-state index contributed by atoms with van der Waals surface area (Å²) in [5, 5.41) is 13.9. The summed E-state index contributed by atoms with van der Waals surface area (Å²) >= 11 is 0. The maximum atomic E-state index is 13.0. The normalized spacial score (nSPS) is 13.6. The monoisotopic (exact) mass is 399 g/mol. The minimum atomic E-state index is -0.540. The number of nitro benzene ring substituents is 1. The predicted octanol–water partition coefficient (Wildman–Crippen LogP) is 2.86.